The van der Waals surface area contributed by atoms with Crippen molar-refractivity contribution < 1.29 is 0 Å². The number of nitrogens with zero attached hydrogens (tertiary/aromatic N) is 1. The van der Waals surface area contributed by atoms with Crippen molar-refractivity contribution in [2.45, 2.75) is 18.9 Å². The molecule has 1 rings (SSSR count). The number of hydrogen-bond donors (Lipinski definition) is 1. The average molecular weight is 218 g/mol. The lowest BCUT2D eigenvalue weighted by Crippen LogP contribution is -2.17. The molecule has 0 aromatic carbocycles. The van der Waals surface area contributed by atoms with E-state index in [-0.39, 0.29) is 9.52 Å². The molecule has 0 spiro atoms. The first-order valence-corrected chi connectivity index (χ1v) is 6.91. The SMILES string of the molecule is C=CC[SiH2]c1nc(CC=C)c(CC=C)[nH]1. The first-order valence-electron chi connectivity index (χ1n) is 5.21. The Morgan fingerprint density at radius 1 is 1.13 bits per heavy atom. The quantitative estimate of drug-likeness (QED) is 0.542. The molecule has 0 aliphatic rings. The van der Waals surface area contributed by atoms with Gasteiger partial charge in [-0.2, -0.15) is 0 Å². The van der Waals surface area contributed by atoms with Gasteiger partial charge >= 0.3 is 0 Å². The Morgan fingerprint density at radius 2 is 1.87 bits per heavy atom. The summed E-state index contributed by atoms with van der Waals surface area (Å²) in [6.45, 7) is 11.2. The Bertz CT molecular complexity index is 325. The number of aromatic amines is 1. The maximum atomic E-state index is 4.60. The first-order chi connectivity index (χ1) is 7.31. The number of aromatic nitrogens is 2. The van der Waals surface area contributed by atoms with Crippen LogP contribution in [0.15, 0.2) is 38.0 Å². The van der Waals surface area contributed by atoms with Gasteiger partial charge in [-0.05, 0) is 6.04 Å². The summed E-state index contributed by atoms with van der Waals surface area (Å²) in [5, 5.41) is 0. The molecule has 0 bridgehead atoms. The summed E-state index contributed by atoms with van der Waals surface area (Å²) in [6, 6.07) is 1.09. The molecule has 0 radical (unpaired) electrons. The predicted octanol–water partition coefficient (Wildman–Crippen LogP) is 1.27. The van der Waals surface area contributed by atoms with E-state index in [1.807, 2.05) is 18.2 Å². The maximum absolute atomic E-state index is 4.60. The van der Waals surface area contributed by atoms with Crippen LogP contribution in [0, 0.1) is 0 Å². The van der Waals surface area contributed by atoms with Crippen molar-refractivity contribution in [3.63, 3.8) is 0 Å². The Morgan fingerprint density at radius 3 is 2.47 bits per heavy atom. The van der Waals surface area contributed by atoms with Gasteiger partial charge in [-0.25, -0.2) is 4.98 Å². The van der Waals surface area contributed by atoms with Crippen molar-refractivity contribution in [1.29, 1.82) is 0 Å². The summed E-state index contributed by atoms with van der Waals surface area (Å²) >= 11 is 0. The molecule has 0 aliphatic heterocycles. The van der Waals surface area contributed by atoms with Crippen LogP contribution in [-0.4, -0.2) is 19.5 Å². The molecule has 0 saturated carbocycles. The van der Waals surface area contributed by atoms with Crippen LogP contribution in [0.3, 0.4) is 0 Å². The van der Waals surface area contributed by atoms with E-state index in [0.29, 0.717) is 0 Å². The highest BCUT2D eigenvalue weighted by atomic mass is 28.2. The summed E-state index contributed by atoms with van der Waals surface area (Å²) in [4.78, 5) is 7.98. The largest absolute Gasteiger partial charge is 0.350 e. The Kier molecular flexibility index (Phi) is 4.84. The van der Waals surface area contributed by atoms with Gasteiger partial charge in [0, 0.05) is 18.5 Å². The third-order valence-corrected chi connectivity index (χ3v) is 3.69. The van der Waals surface area contributed by atoms with Crippen molar-refractivity contribution in [3.8, 4) is 0 Å². The van der Waals surface area contributed by atoms with Gasteiger partial charge in [-0.3, -0.25) is 0 Å². The van der Waals surface area contributed by atoms with E-state index in [0.717, 1.165) is 24.6 Å². The minimum atomic E-state index is -0.299. The molecule has 2 nitrogen and oxygen atoms in total. The molecular formula is C12H18N2Si. The van der Waals surface area contributed by atoms with E-state index in [1.54, 1.807) is 0 Å². The number of hydrogen-bond acceptors (Lipinski definition) is 1. The molecule has 1 aromatic heterocycles. The van der Waals surface area contributed by atoms with Crippen LogP contribution in [0.2, 0.25) is 6.04 Å². The van der Waals surface area contributed by atoms with E-state index in [9.17, 15) is 0 Å². The molecule has 0 unspecified atom stereocenters. The van der Waals surface area contributed by atoms with Crippen LogP contribution in [0.4, 0.5) is 0 Å². The highest BCUT2D eigenvalue weighted by Gasteiger charge is 2.06. The smallest absolute Gasteiger partial charge is 0.104 e. The van der Waals surface area contributed by atoms with E-state index in [1.165, 1.54) is 11.1 Å². The Balaban J connectivity index is 2.81. The highest BCUT2D eigenvalue weighted by molar-refractivity contribution is 6.51. The first kappa shape index (κ1) is 11.7. The van der Waals surface area contributed by atoms with Crippen molar-refractivity contribution in [2.75, 3.05) is 0 Å². The summed E-state index contributed by atoms with van der Waals surface area (Å²) < 4.78 is 0. The van der Waals surface area contributed by atoms with Crippen molar-refractivity contribution in [1.82, 2.24) is 9.97 Å². The third kappa shape index (κ3) is 3.36. The number of allylic oxidation sites excluding steroid dienone is 3. The number of nitrogens with one attached hydrogen (secondary N) is 1. The zero-order valence-electron chi connectivity index (χ0n) is 9.13. The van der Waals surface area contributed by atoms with Gasteiger partial charge in [0.15, 0.2) is 0 Å². The van der Waals surface area contributed by atoms with Crippen LogP contribution in [-0.2, 0) is 12.8 Å². The van der Waals surface area contributed by atoms with Gasteiger partial charge in [0.25, 0.3) is 0 Å². The van der Waals surface area contributed by atoms with Gasteiger partial charge in [-0.1, -0.05) is 18.2 Å². The molecule has 0 fully saturated rings. The van der Waals surface area contributed by atoms with Crippen LogP contribution < -0.4 is 5.45 Å². The molecule has 3 heteroatoms. The molecular weight excluding hydrogens is 200 g/mol. The summed E-state index contributed by atoms with van der Waals surface area (Å²) in [5.41, 5.74) is 3.48. The van der Waals surface area contributed by atoms with Crippen molar-refractivity contribution in [2.24, 2.45) is 0 Å². The number of rotatable bonds is 7. The van der Waals surface area contributed by atoms with Crippen LogP contribution >= 0.6 is 0 Å². The van der Waals surface area contributed by atoms with Crippen molar-refractivity contribution >= 4 is 15.0 Å². The fraction of sp³-hybridized carbons (Fsp3) is 0.250. The van der Waals surface area contributed by atoms with Gasteiger partial charge in [0.2, 0.25) is 0 Å². The molecule has 80 valence electrons. The van der Waals surface area contributed by atoms with E-state index in [4.69, 9.17) is 0 Å². The topological polar surface area (TPSA) is 28.7 Å². The molecule has 1 aromatic rings. The van der Waals surface area contributed by atoms with Crippen molar-refractivity contribution in [3.05, 3.63) is 49.4 Å². The molecule has 0 aliphatic carbocycles. The lowest BCUT2D eigenvalue weighted by atomic mass is 10.2. The molecule has 15 heavy (non-hydrogen) atoms. The van der Waals surface area contributed by atoms with Crippen LogP contribution in [0.25, 0.3) is 0 Å². The second kappa shape index (κ2) is 6.19. The Hall–Kier alpha value is -1.35. The average Bonchev–Trinajstić information content (AvgIpc) is 2.59. The van der Waals surface area contributed by atoms with Gasteiger partial charge < -0.3 is 4.98 Å². The van der Waals surface area contributed by atoms with E-state index < -0.39 is 0 Å². The van der Waals surface area contributed by atoms with Gasteiger partial charge in [0.1, 0.15) is 9.52 Å². The minimum absolute atomic E-state index is 0.299. The molecule has 0 saturated heterocycles. The predicted molar refractivity (Wildman–Crippen MR) is 69.6 cm³/mol. The summed E-state index contributed by atoms with van der Waals surface area (Å²) in [6.07, 6.45) is 7.45. The summed E-state index contributed by atoms with van der Waals surface area (Å²) in [7, 11) is -0.299. The van der Waals surface area contributed by atoms with E-state index in [2.05, 4.69) is 29.7 Å². The number of H-pyrrole nitrogens is 1. The Labute approximate surface area is 93.7 Å². The standard InChI is InChI=1S/C12H18N2Si/c1-4-7-10-11(8-5-2)14-12(13-10)15-9-6-3/h4-6H,1-3,7-9,15H2,(H,13,14). The maximum Gasteiger partial charge on any atom is 0.104 e. The fourth-order valence-corrected chi connectivity index (χ4v) is 2.60. The highest BCUT2D eigenvalue weighted by Crippen LogP contribution is 2.04. The molecule has 1 N–H and O–H groups in total. The van der Waals surface area contributed by atoms with Crippen LogP contribution in [0.5, 0.6) is 0 Å². The minimum Gasteiger partial charge on any atom is -0.350 e. The van der Waals surface area contributed by atoms with Gasteiger partial charge in [-0.15, -0.1) is 19.7 Å². The van der Waals surface area contributed by atoms with Crippen LogP contribution in [0.1, 0.15) is 11.4 Å². The second-order valence-corrected chi connectivity index (χ2v) is 5.17. The zero-order valence-corrected chi connectivity index (χ0v) is 10.5. The normalized spacial score (nSPS) is 10.7. The monoisotopic (exact) mass is 218 g/mol. The molecule has 0 amide bonds. The summed E-state index contributed by atoms with van der Waals surface area (Å²) in [5.74, 6) is 0. The second-order valence-electron chi connectivity index (χ2n) is 3.42. The van der Waals surface area contributed by atoms with Gasteiger partial charge in [0.05, 0.1) is 11.1 Å². The molecule has 0 atom stereocenters. The zero-order chi connectivity index (χ0) is 11.1. The molecule has 1 heterocycles. The fourth-order valence-electron chi connectivity index (χ4n) is 1.48. The third-order valence-electron chi connectivity index (χ3n) is 2.18. The van der Waals surface area contributed by atoms with E-state index >= 15 is 0 Å². The number of imidazole rings is 1. The lowest BCUT2D eigenvalue weighted by Gasteiger charge is -1.94. The lowest BCUT2D eigenvalue weighted by molar-refractivity contribution is 1.07.